The number of furan rings is 1. The smallest absolute Gasteiger partial charge is 0.275 e. The first-order valence-electron chi connectivity index (χ1n) is 9.12. The molecule has 0 bridgehead atoms. The number of nitrogens with zero attached hydrogens (tertiary/aromatic N) is 4. The molecule has 5 rings (SSSR count). The fourth-order valence-electron chi connectivity index (χ4n) is 3.42. The van der Waals surface area contributed by atoms with Crippen molar-refractivity contribution in [2.75, 3.05) is 6.54 Å². The third kappa shape index (κ3) is 3.31. The molecule has 1 aliphatic rings. The number of likely N-dealkylation sites (tertiary alicyclic amines) is 1. The van der Waals surface area contributed by atoms with E-state index in [0.29, 0.717) is 35.1 Å². The van der Waals surface area contributed by atoms with Gasteiger partial charge in [0.25, 0.3) is 5.89 Å². The van der Waals surface area contributed by atoms with Crippen LogP contribution in [0, 0.1) is 5.82 Å². The summed E-state index contributed by atoms with van der Waals surface area (Å²) in [6.07, 6.45) is 1.83. The van der Waals surface area contributed by atoms with Crippen LogP contribution in [0.2, 0.25) is 0 Å². The largest absolute Gasteiger partial charge is 0.463 e. The third-order valence-corrected chi connectivity index (χ3v) is 4.92. The highest BCUT2D eigenvalue weighted by molar-refractivity contribution is 5.79. The van der Waals surface area contributed by atoms with Crippen LogP contribution in [-0.4, -0.2) is 37.7 Å². The first-order chi connectivity index (χ1) is 14.2. The summed E-state index contributed by atoms with van der Waals surface area (Å²) in [6.45, 7) is 0.631. The minimum Gasteiger partial charge on any atom is -0.463 e. The monoisotopic (exact) mass is 393 g/mol. The number of aromatic nitrogens is 4. The number of hydrogen-bond acceptors (Lipinski definition) is 6. The lowest BCUT2D eigenvalue weighted by Gasteiger charge is -2.16. The van der Waals surface area contributed by atoms with Gasteiger partial charge in [0.15, 0.2) is 11.6 Å². The van der Waals surface area contributed by atoms with E-state index in [0.717, 1.165) is 0 Å². The summed E-state index contributed by atoms with van der Waals surface area (Å²) in [5.74, 6) is 0.754. The van der Waals surface area contributed by atoms with Crippen LogP contribution >= 0.6 is 0 Å². The van der Waals surface area contributed by atoms with Crippen molar-refractivity contribution in [3.05, 3.63) is 65.9 Å². The number of carbonyl (C=O) groups is 1. The summed E-state index contributed by atoms with van der Waals surface area (Å²) in [7, 11) is 0. The Morgan fingerprint density at radius 1 is 1.24 bits per heavy atom. The topological polar surface area (TPSA) is 101 Å². The maximum absolute atomic E-state index is 13.9. The average Bonchev–Trinajstić information content (AvgIpc) is 3.51. The Morgan fingerprint density at radius 2 is 2.14 bits per heavy atom. The van der Waals surface area contributed by atoms with Gasteiger partial charge in [-0.3, -0.25) is 9.89 Å². The van der Waals surface area contributed by atoms with Crippen molar-refractivity contribution in [2.24, 2.45) is 0 Å². The number of halogens is 1. The number of H-pyrrole nitrogens is 1. The molecule has 0 radical (unpaired) electrons. The summed E-state index contributed by atoms with van der Waals surface area (Å²) in [5.41, 5.74) is 1.66. The Hall–Kier alpha value is -3.75. The Morgan fingerprint density at radius 3 is 2.97 bits per heavy atom. The van der Waals surface area contributed by atoms with Crippen molar-refractivity contribution >= 4 is 5.91 Å². The van der Waals surface area contributed by atoms with Gasteiger partial charge in [0.05, 0.1) is 6.26 Å². The highest BCUT2D eigenvalue weighted by atomic mass is 19.1. The molecule has 146 valence electrons. The molecule has 8 nitrogen and oxygen atoms in total. The zero-order chi connectivity index (χ0) is 19.8. The van der Waals surface area contributed by atoms with Crippen molar-refractivity contribution in [2.45, 2.75) is 18.9 Å². The molecule has 1 aliphatic heterocycles. The molecule has 1 amide bonds. The summed E-state index contributed by atoms with van der Waals surface area (Å²) in [6, 6.07) is 11.8. The van der Waals surface area contributed by atoms with Crippen molar-refractivity contribution in [1.29, 1.82) is 0 Å². The zero-order valence-corrected chi connectivity index (χ0v) is 15.2. The maximum Gasteiger partial charge on any atom is 0.275 e. The molecule has 3 aromatic heterocycles. The lowest BCUT2D eigenvalue weighted by Crippen LogP contribution is -2.25. The molecular weight excluding hydrogens is 377 g/mol. The van der Waals surface area contributed by atoms with Crippen LogP contribution < -0.4 is 0 Å². The third-order valence-electron chi connectivity index (χ3n) is 4.92. The molecule has 1 unspecified atom stereocenters. The minimum atomic E-state index is -0.322. The van der Waals surface area contributed by atoms with Crippen molar-refractivity contribution in [3.63, 3.8) is 0 Å². The Labute approximate surface area is 164 Å². The van der Waals surface area contributed by atoms with Crippen LogP contribution in [0.3, 0.4) is 0 Å². The molecule has 0 spiro atoms. The van der Waals surface area contributed by atoms with E-state index >= 15 is 0 Å². The average molecular weight is 393 g/mol. The number of rotatable bonds is 5. The van der Waals surface area contributed by atoms with Gasteiger partial charge in [-0.1, -0.05) is 23.4 Å². The molecule has 1 fully saturated rings. The van der Waals surface area contributed by atoms with Crippen LogP contribution in [0.15, 0.2) is 57.7 Å². The van der Waals surface area contributed by atoms with Gasteiger partial charge in [0.2, 0.25) is 5.91 Å². The van der Waals surface area contributed by atoms with Gasteiger partial charge in [0.1, 0.15) is 17.2 Å². The first-order valence-corrected chi connectivity index (χ1v) is 9.12. The second-order valence-corrected chi connectivity index (χ2v) is 6.87. The van der Waals surface area contributed by atoms with Crippen LogP contribution in [0.25, 0.3) is 23.0 Å². The second kappa shape index (κ2) is 7.01. The molecule has 1 aromatic carbocycles. The highest BCUT2D eigenvalue weighted by Crippen LogP contribution is 2.30. The molecule has 1 atom stereocenters. The van der Waals surface area contributed by atoms with Gasteiger partial charge in [-0.2, -0.15) is 10.1 Å². The standard InChI is InChI=1S/C20H16FN5O3/c21-14-5-2-1-4-12(14)10-26-11-13(8-18(26)27)19-22-20(29-25-19)16-9-15(23-24-16)17-6-3-7-28-17/h1-7,9,13H,8,10-11H2,(H,23,24). The van der Waals surface area contributed by atoms with E-state index < -0.39 is 0 Å². The predicted octanol–water partition coefficient (Wildman–Crippen LogP) is 3.37. The van der Waals surface area contributed by atoms with E-state index in [-0.39, 0.29) is 36.5 Å². The molecule has 1 N–H and O–H groups in total. The van der Waals surface area contributed by atoms with E-state index in [9.17, 15) is 9.18 Å². The first kappa shape index (κ1) is 17.4. The van der Waals surface area contributed by atoms with Gasteiger partial charge < -0.3 is 13.8 Å². The summed E-state index contributed by atoms with van der Waals surface area (Å²) in [4.78, 5) is 18.4. The van der Waals surface area contributed by atoms with Gasteiger partial charge in [-0.25, -0.2) is 4.39 Å². The fraction of sp³-hybridized carbons (Fsp3) is 0.200. The predicted molar refractivity (Wildman–Crippen MR) is 98.8 cm³/mol. The summed E-state index contributed by atoms with van der Waals surface area (Å²) in [5, 5.41) is 11.1. The number of hydrogen-bond donors (Lipinski definition) is 1. The molecule has 1 saturated heterocycles. The second-order valence-electron chi connectivity index (χ2n) is 6.87. The van der Waals surface area contributed by atoms with Crippen LogP contribution in [0.4, 0.5) is 4.39 Å². The van der Waals surface area contributed by atoms with E-state index in [2.05, 4.69) is 20.3 Å². The van der Waals surface area contributed by atoms with Gasteiger partial charge in [0, 0.05) is 37.1 Å². The van der Waals surface area contributed by atoms with Gasteiger partial charge >= 0.3 is 0 Å². The van der Waals surface area contributed by atoms with Crippen molar-refractivity contribution in [1.82, 2.24) is 25.2 Å². The number of nitrogens with one attached hydrogen (secondary N) is 1. The number of carbonyl (C=O) groups excluding carboxylic acids is 1. The molecule has 29 heavy (non-hydrogen) atoms. The van der Waals surface area contributed by atoms with E-state index in [1.54, 1.807) is 47.6 Å². The SMILES string of the molecule is O=C1CC(c2noc(-c3cc(-c4ccco4)n[nH]3)n2)CN1Cc1ccccc1F. The quantitative estimate of drug-likeness (QED) is 0.558. The van der Waals surface area contributed by atoms with Gasteiger partial charge in [-0.15, -0.1) is 0 Å². The molecule has 0 saturated carbocycles. The van der Waals surface area contributed by atoms with Gasteiger partial charge in [-0.05, 0) is 18.2 Å². The molecule has 4 aromatic rings. The van der Waals surface area contributed by atoms with E-state index in [1.165, 1.54) is 6.07 Å². The lowest BCUT2D eigenvalue weighted by molar-refractivity contribution is -0.128. The van der Waals surface area contributed by atoms with E-state index in [4.69, 9.17) is 8.94 Å². The summed E-state index contributed by atoms with van der Waals surface area (Å²) < 4.78 is 24.6. The summed E-state index contributed by atoms with van der Waals surface area (Å²) >= 11 is 0. The van der Waals surface area contributed by atoms with Crippen LogP contribution in [-0.2, 0) is 11.3 Å². The number of amides is 1. The van der Waals surface area contributed by atoms with Crippen molar-refractivity contribution in [3.8, 4) is 23.0 Å². The molecule has 0 aliphatic carbocycles. The lowest BCUT2D eigenvalue weighted by atomic mass is 10.1. The molecule has 4 heterocycles. The molecular formula is C20H16FN5O3. The maximum atomic E-state index is 13.9. The number of aromatic amines is 1. The minimum absolute atomic E-state index is 0.0637. The molecule has 9 heteroatoms. The number of benzene rings is 1. The van der Waals surface area contributed by atoms with Crippen LogP contribution in [0.1, 0.15) is 23.7 Å². The Balaban J connectivity index is 1.31. The fourth-order valence-corrected chi connectivity index (χ4v) is 3.42. The van der Waals surface area contributed by atoms with Crippen LogP contribution in [0.5, 0.6) is 0 Å². The Kier molecular flexibility index (Phi) is 4.19. The Bertz CT molecular complexity index is 1150. The highest BCUT2D eigenvalue weighted by Gasteiger charge is 2.34. The normalized spacial score (nSPS) is 16.7. The van der Waals surface area contributed by atoms with Crippen molar-refractivity contribution < 1.29 is 18.1 Å². The van der Waals surface area contributed by atoms with E-state index in [1.807, 2.05) is 0 Å². The zero-order valence-electron chi connectivity index (χ0n) is 15.2.